The van der Waals surface area contributed by atoms with Crippen molar-refractivity contribution in [2.75, 3.05) is 25.5 Å². The predicted octanol–water partition coefficient (Wildman–Crippen LogP) is 2.92. The predicted molar refractivity (Wildman–Crippen MR) is 115 cm³/mol. The Balaban J connectivity index is 2.32. The Morgan fingerprint density at radius 2 is 1.60 bits per heavy atom. The lowest BCUT2D eigenvalue weighted by Gasteiger charge is -2.25. The summed E-state index contributed by atoms with van der Waals surface area (Å²) in [6, 6.07) is 10.3. The van der Waals surface area contributed by atoms with Crippen LogP contribution in [0.2, 0.25) is 0 Å². The fourth-order valence-corrected chi connectivity index (χ4v) is 4.74. The SMILES string of the molecule is CCCCC(CCNS(=O)(=O)c1cccc2c(N(C)C)cccc12)(C(=O)O)C(=O)O. The zero-order valence-corrected chi connectivity index (χ0v) is 18.2. The second kappa shape index (κ2) is 9.44. The molecule has 164 valence electrons. The molecule has 0 heterocycles. The summed E-state index contributed by atoms with van der Waals surface area (Å²) in [5.41, 5.74) is -1.16. The molecule has 0 saturated heterocycles. The first kappa shape index (κ1) is 23.6. The van der Waals surface area contributed by atoms with Crippen LogP contribution in [0.3, 0.4) is 0 Å². The smallest absolute Gasteiger partial charge is 0.321 e. The fourth-order valence-electron chi connectivity index (χ4n) is 3.49. The highest BCUT2D eigenvalue weighted by molar-refractivity contribution is 7.89. The first-order valence-electron chi connectivity index (χ1n) is 9.72. The van der Waals surface area contributed by atoms with Crippen molar-refractivity contribution in [1.82, 2.24) is 4.72 Å². The lowest BCUT2D eigenvalue weighted by atomic mass is 9.80. The minimum atomic E-state index is -3.98. The third kappa shape index (κ3) is 4.73. The summed E-state index contributed by atoms with van der Waals surface area (Å²) in [6.45, 7) is 1.54. The molecule has 2 aromatic rings. The standard InChI is InChI=1S/C21H28N2O6S/c1-4-5-12-21(19(24)25,20(26)27)13-14-22-30(28,29)18-11-7-8-15-16(18)9-6-10-17(15)23(2)3/h6-11,22H,4-5,12-14H2,1-3H3,(H,24,25)(H,26,27). The number of nitrogens with zero attached hydrogens (tertiary/aromatic N) is 1. The quantitative estimate of drug-likeness (QED) is 0.463. The molecule has 0 aromatic heterocycles. The van der Waals surface area contributed by atoms with E-state index in [0.717, 1.165) is 11.1 Å². The minimum absolute atomic E-state index is 0.0592. The van der Waals surface area contributed by atoms with Crippen LogP contribution >= 0.6 is 0 Å². The van der Waals surface area contributed by atoms with Crippen molar-refractivity contribution < 1.29 is 28.2 Å². The molecule has 0 radical (unpaired) electrons. The Kier molecular flexibility index (Phi) is 7.44. The monoisotopic (exact) mass is 436 g/mol. The lowest BCUT2D eigenvalue weighted by Crippen LogP contribution is -2.42. The molecule has 2 aromatic carbocycles. The highest BCUT2D eigenvalue weighted by atomic mass is 32.2. The van der Waals surface area contributed by atoms with Crippen molar-refractivity contribution in [2.24, 2.45) is 5.41 Å². The lowest BCUT2D eigenvalue weighted by molar-refractivity contribution is -0.165. The van der Waals surface area contributed by atoms with Crippen molar-refractivity contribution in [3.8, 4) is 0 Å². The van der Waals surface area contributed by atoms with Crippen LogP contribution in [-0.4, -0.2) is 51.2 Å². The van der Waals surface area contributed by atoms with Crippen LogP contribution in [0.15, 0.2) is 41.3 Å². The second-order valence-electron chi connectivity index (χ2n) is 7.47. The van der Waals surface area contributed by atoms with E-state index in [1.807, 2.05) is 38.1 Å². The molecule has 9 heteroatoms. The molecular formula is C21H28N2O6S. The topological polar surface area (TPSA) is 124 Å². The number of sulfonamides is 1. The van der Waals surface area contributed by atoms with Gasteiger partial charge in [0.1, 0.15) is 0 Å². The Labute approximate surface area is 176 Å². The number of carboxylic acid groups (broad SMARTS) is 2. The van der Waals surface area contributed by atoms with Crippen LogP contribution in [0.1, 0.15) is 32.6 Å². The zero-order chi connectivity index (χ0) is 22.5. The fraction of sp³-hybridized carbons (Fsp3) is 0.429. The summed E-state index contributed by atoms with van der Waals surface area (Å²) in [7, 11) is -0.252. The molecule has 0 atom stereocenters. The van der Waals surface area contributed by atoms with Crippen LogP contribution in [0.25, 0.3) is 10.8 Å². The van der Waals surface area contributed by atoms with Gasteiger partial charge >= 0.3 is 11.9 Å². The third-order valence-corrected chi connectivity index (χ3v) is 6.77. The number of aliphatic carboxylic acids is 2. The average Bonchev–Trinajstić information content (AvgIpc) is 2.68. The van der Waals surface area contributed by atoms with E-state index in [-0.39, 0.29) is 24.3 Å². The summed E-state index contributed by atoms with van der Waals surface area (Å²) in [5.74, 6) is -2.91. The number of benzene rings is 2. The van der Waals surface area contributed by atoms with Crippen molar-refractivity contribution in [3.63, 3.8) is 0 Å². The molecule has 0 spiro atoms. The van der Waals surface area contributed by atoms with Crippen molar-refractivity contribution in [2.45, 2.75) is 37.5 Å². The Morgan fingerprint density at radius 1 is 1.00 bits per heavy atom. The van der Waals surface area contributed by atoms with Crippen molar-refractivity contribution in [3.05, 3.63) is 36.4 Å². The van der Waals surface area contributed by atoms with Gasteiger partial charge in [0.2, 0.25) is 10.0 Å². The molecule has 0 bridgehead atoms. The van der Waals surface area contributed by atoms with E-state index in [0.29, 0.717) is 18.2 Å². The molecule has 0 unspecified atom stereocenters. The van der Waals surface area contributed by atoms with Crippen molar-refractivity contribution >= 4 is 38.4 Å². The number of unbranched alkanes of at least 4 members (excludes halogenated alkanes) is 1. The van der Waals surface area contributed by atoms with Crippen LogP contribution in [0, 0.1) is 5.41 Å². The molecule has 8 nitrogen and oxygen atoms in total. The summed E-state index contributed by atoms with van der Waals surface area (Å²) in [4.78, 5) is 25.4. The molecule has 0 saturated carbocycles. The normalized spacial score (nSPS) is 12.1. The van der Waals surface area contributed by atoms with Crippen LogP contribution in [0.5, 0.6) is 0 Å². The molecule has 0 aliphatic carbocycles. The van der Waals surface area contributed by atoms with E-state index in [1.165, 1.54) is 6.07 Å². The number of fused-ring (bicyclic) bond motifs is 1. The molecule has 0 amide bonds. The maximum atomic E-state index is 12.9. The number of nitrogens with one attached hydrogen (secondary N) is 1. The van der Waals surface area contributed by atoms with Crippen LogP contribution < -0.4 is 9.62 Å². The molecule has 2 rings (SSSR count). The number of hydrogen-bond acceptors (Lipinski definition) is 5. The van der Waals surface area contributed by atoms with E-state index in [9.17, 15) is 28.2 Å². The number of carboxylic acids is 2. The molecule has 0 aliphatic rings. The van der Waals surface area contributed by atoms with E-state index in [1.54, 1.807) is 18.2 Å². The zero-order valence-electron chi connectivity index (χ0n) is 17.4. The first-order chi connectivity index (χ1) is 14.1. The van der Waals surface area contributed by atoms with Gasteiger partial charge in [-0.1, -0.05) is 44.0 Å². The van der Waals surface area contributed by atoms with E-state index >= 15 is 0 Å². The van der Waals surface area contributed by atoms with E-state index < -0.39 is 27.4 Å². The molecule has 30 heavy (non-hydrogen) atoms. The number of carbonyl (C=O) groups is 2. The van der Waals surface area contributed by atoms with Gasteiger partial charge in [-0.2, -0.15) is 0 Å². The molecule has 0 fully saturated rings. The molecular weight excluding hydrogens is 408 g/mol. The number of rotatable bonds is 11. The molecule has 3 N–H and O–H groups in total. The molecule has 0 aliphatic heterocycles. The number of anilines is 1. The Morgan fingerprint density at radius 3 is 2.17 bits per heavy atom. The summed E-state index contributed by atoms with van der Waals surface area (Å²) in [5, 5.41) is 20.4. The summed E-state index contributed by atoms with van der Waals surface area (Å²) >= 11 is 0. The maximum absolute atomic E-state index is 12.9. The summed E-state index contributed by atoms with van der Waals surface area (Å²) in [6.07, 6.45) is 0.654. The number of hydrogen-bond donors (Lipinski definition) is 3. The minimum Gasteiger partial charge on any atom is -0.480 e. The van der Waals surface area contributed by atoms with Crippen LogP contribution in [-0.2, 0) is 19.6 Å². The Bertz CT molecular complexity index is 1020. The first-order valence-corrected chi connectivity index (χ1v) is 11.2. The highest BCUT2D eigenvalue weighted by Crippen LogP contribution is 2.32. The van der Waals surface area contributed by atoms with Gasteiger partial charge in [0.15, 0.2) is 5.41 Å². The van der Waals surface area contributed by atoms with Gasteiger partial charge in [-0.3, -0.25) is 9.59 Å². The van der Waals surface area contributed by atoms with Gasteiger partial charge in [0.25, 0.3) is 0 Å². The largest absolute Gasteiger partial charge is 0.480 e. The van der Waals surface area contributed by atoms with Gasteiger partial charge < -0.3 is 15.1 Å². The van der Waals surface area contributed by atoms with Crippen molar-refractivity contribution in [1.29, 1.82) is 0 Å². The third-order valence-electron chi connectivity index (χ3n) is 5.25. The second-order valence-corrected chi connectivity index (χ2v) is 9.20. The highest BCUT2D eigenvalue weighted by Gasteiger charge is 2.45. The maximum Gasteiger partial charge on any atom is 0.321 e. The van der Waals surface area contributed by atoms with Gasteiger partial charge in [-0.25, -0.2) is 13.1 Å². The van der Waals surface area contributed by atoms with Gasteiger partial charge in [0, 0.05) is 37.1 Å². The van der Waals surface area contributed by atoms with Gasteiger partial charge in [0.05, 0.1) is 4.90 Å². The van der Waals surface area contributed by atoms with E-state index in [4.69, 9.17) is 0 Å². The van der Waals surface area contributed by atoms with Crippen LogP contribution in [0.4, 0.5) is 5.69 Å². The Hall–Kier alpha value is -2.65. The summed E-state index contributed by atoms with van der Waals surface area (Å²) < 4.78 is 28.3. The van der Waals surface area contributed by atoms with Gasteiger partial charge in [-0.15, -0.1) is 0 Å². The van der Waals surface area contributed by atoms with E-state index in [2.05, 4.69) is 4.72 Å². The van der Waals surface area contributed by atoms with Gasteiger partial charge in [-0.05, 0) is 25.0 Å². The average molecular weight is 437 g/mol.